The van der Waals surface area contributed by atoms with E-state index >= 15 is 0 Å². The second-order valence-corrected chi connectivity index (χ2v) is 2.01. The third-order valence-electron chi connectivity index (χ3n) is 1.42. The molecule has 2 aliphatic rings. The van der Waals surface area contributed by atoms with Gasteiger partial charge in [0.25, 0.3) is 0 Å². The molecule has 0 aromatic heterocycles. The minimum absolute atomic E-state index is 0.797. The summed E-state index contributed by atoms with van der Waals surface area (Å²) in [6, 6.07) is 0. The molecule has 44 valence electrons. The first kappa shape index (κ1) is 4.68. The molecule has 0 amide bonds. The van der Waals surface area contributed by atoms with Crippen molar-refractivity contribution in [2.75, 3.05) is 6.54 Å². The van der Waals surface area contributed by atoms with Crippen molar-refractivity contribution in [3.05, 3.63) is 23.4 Å². The minimum Gasteiger partial charge on any atom is -0.288 e. The van der Waals surface area contributed by atoms with Crippen LogP contribution in [0.3, 0.4) is 0 Å². The molecule has 2 nitrogen and oxygen atoms in total. The Morgan fingerprint density at radius 1 is 1.22 bits per heavy atom. The first-order valence-electron chi connectivity index (χ1n) is 2.90. The fourth-order valence-electron chi connectivity index (χ4n) is 0.934. The number of hydrogen-bond donors (Lipinski definition) is 0. The molecule has 2 heterocycles. The molecule has 0 N–H and O–H groups in total. The summed E-state index contributed by atoms with van der Waals surface area (Å²) >= 11 is 0. The Hall–Kier alpha value is -1.18. The maximum Gasteiger partial charge on any atom is 0.0696 e. The van der Waals surface area contributed by atoms with Gasteiger partial charge in [-0.05, 0) is 12.2 Å². The quantitative estimate of drug-likeness (QED) is 0.452. The molecule has 0 radical (unpaired) electrons. The van der Waals surface area contributed by atoms with Gasteiger partial charge in [0.1, 0.15) is 0 Å². The van der Waals surface area contributed by atoms with Crippen LogP contribution < -0.4 is 0 Å². The molecule has 2 aliphatic heterocycles. The van der Waals surface area contributed by atoms with E-state index in [4.69, 9.17) is 0 Å². The van der Waals surface area contributed by atoms with Crippen molar-refractivity contribution < 1.29 is 0 Å². The lowest BCUT2D eigenvalue weighted by Crippen LogP contribution is -1.94. The van der Waals surface area contributed by atoms with Crippen LogP contribution in [-0.4, -0.2) is 19.0 Å². The Balaban J connectivity index is 2.46. The van der Waals surface area contributed by atoms with Gasteiger partial charge in [0.15, 0.2) is 0 Å². The van der Waals surface area contributed by atoms with Crippen molar-refractivity contribution >= 4 is 12.4 Å². The average molecular weight is 118 g/mol. The summed E-state index contributed by atoms with van der Waals surface area (Å²) in [5.41, 5.74) is 2.31. The average Bonchev–Trinajstić information content (AvgIpc) is 2.33. The maximum absolute atomic E-state index is 4.11. The highest BCUT2D eigenvalue weighted by molar-refractivity contribution is 5.85. The van der Waals surface area contributed by atoms with Gasteiger partial charge in [-0.1, -0.05) is 0 Å². The van der Waals surface area contributed by atoms with Gasteiger partial charge in [-0.25, -0.2) is 0 Å². The smallest absolute Gasteiger partial charge is 0.0696 e. The molecule has 2 heteroatoms. The van der Waals surface area contributed by atoms with Crippen LogP contribution in [0.15, 0.2) is 33.4 Å². The zero-order valence-electron chi connectivity index (χ0n) is 4.91. The van der Waals surface area contributed by atoms with E-state index in [-0.39, 0.29) is 0 Å². The Morgan fingerprint density at radius 2 is 2.22 bits per heavy atom. The van der Waals surface area contributed by atoms with Gasteiger partial charge in [0, 0.05) is 18.0 Å². The lowest BCUT2D eigenvalue weighted by molar-refractivity contribution is 1.13. The fraction of sp³-hybridized carbons (Fsp3) is 0.143. The molecule has 2 rings (SSSR count). The van der Waals surface area contributed by atoms with E-state index in [1.807, 2.05) is 18.4 Å². The van der Waals surface area contributed by atoms with E-state index in [1.54, 1.807) is 6.21 Å². The van der Waals surface area contributed by atoms with Crippen LogP contribution in [0.25, 0.3) is 0 Å². The molecular formula is C7H6N2. The van der Waals surface area contributed by atoms with Gasteiger partial charge in [0.2, 0.25) is 0 Å². The summed E-state index contributed by atoms with van der Waals surface area (Å²) in [7, 11) is 0. The third-order valence-corrected chi connectivity index (χ3v) is 1.42. The van der Waals surface area contributed by atoms with Gasteiger partial charge in [-0.15, -0.1) is 0 Å². The standard InChI is InChI=1S/C7H6N2/c1-4-9-7-2-3-8-5-6(1)7/h1-4H,5H2. The SMILES string of the molecule is C1=NCC2=CC=NC2=C1. The third kappa shape index (κ3) is 0.633. The first-order chi connectivity index (χ1) is 4.47. The molecule has 0 atom stereocenters. The van der Waals surface area contributed by atoms with E-state index < -0.39 is 0 Å². The van der Waals surface area contributed by atoms with Crippen molar-refractivity contribution in [3.8, 4) is 0 Å². The summed E-state index contributed by atoms with van der Waals surface area (Å²) in [5.74, 6) is 0. The number of nitrogens with zero attached hydrogens (tertiary/aromatic N) is 2. The van der Waals surface area contributed by atoms with Crippen molar-refractivity contribution in [2.24, 2.45) is 9.98 Å². The second-order valence-electron chi connectivity index (χ2n) is 2.01. The van der Waals surface area contributed by atoms with E-state index in [9.17, 15) is 0 Å². The van der Waals surface area contributed by atoms with E-state index in [0.29, 0.717) is 0 Å². The Bertz CT molecular complexity index is 244. The summed E-state index contributed by atoms with van der Waals surface area (Å²) in [4.78, 5) is 8.18. The van der Waals surface area contributed by atoms with E-state index in [0.717, 1.165) is 12.2 Å². The molecule has 0 aliphatic carbocycles. The van der Waals surface area contributed by atoms with E-state index in [2.05, 4.69) is 9.98 Å². The fourth-order valence-corrected chi connectivity index (χ4v) is 0.934. The number of rotatable bonds is 0. The Morgan fingerprint density at radius 3 is 3.11 bits per heavy atom. The number of allylic oxidation sites excluding steroid dienone is 2. The van der Waals surface area contributed by atoms with Gasteiger partial charge < -0.3 is 0 Å². The predicted molar refractivity (Wildman–Crippen MR) is 38.0 cm³/mol. The van der Waals surface area contributed by atoms with Crippen LogP contribution in [0.2, 0.25) is 0 Å². The molecule has 0 saturated heterocycles. The summed E-state index contributed by atoms with van der Waals surface area (Å²) < 4.78 is 0. The van der Waals surface area contributed by atoms with Crippen molar-refractivity contribution in [2.45, 2.75) is 0 Å². The van der Waals surface area contributed by atoms with Gasteiger partial charge >= 0.3 is 0 Å². The minimum atomic E-state index is 0.797. The highest BCUT2D eigenvalue weighted by Gasteiger charge is 2.07. The van der Waals surface area contributed by atoms with Crippen LogP contribution in [0, 0.1) is 0 Å². The lowest BCUT2D eigenvalue weighted by Gasteiger charge is -2.01. The van der Waals surface area contributed by atoms with Crippen LogP contribution >= 0.6 is 0 Å². The number of dihydropyridines is 1. The largest absolute Gasteiger partial charge is 0.288 e. The predicted octanol–water partition coefficient (Wildman–Crippen LogP) is 0.966. The molecule has 0 aromatic rings. The van der Waals surface area contributed by atoms with Crippen molar-refractivity contribution in [1.82, 2.24) is 0 Å². The number of fused-ring (bicyclic) bond motifs is 1. The number of hydrogen-bond acceptors (Lipinski definition) is 2. The zero-order chi connectivity index (χ0) is 6.10. The van der Waals surface area contributed by atoms with Gasteiger partial charge in [0.05, 0.1) is 12.2 Å². The van der Waals surface area contributed by atoms with Crippen LogP contribution in [0.1, 0.15) is 0 Å². The van der Waals surface area contributed by atoms with Crippen LogP contribution in [-0.2, 0) is 0 Å². The highest BCUT2D eigenvalue weighted by atomic mass is 14.8. The molecule has 0 bridgehead atoms. The van der Waals surface area contributed by atoms with Crippen molar-refractivity contribution in [3.63, 3.8) is 0 Å². The monoisotopic (exact) mass is 118 g/mol. The second kappa shape index (κ2) is 1.65. The molecule has 9 heavy (non-hydrogen) atoms. The molecule has 0 saturated carbocycles. The Kier molecular flexibility index (Phi) is 0.859. The highest BCUT2D eigenvalue weighted by Crippen LogP contribution is 2.17. The lowest BCUT2D eigenvalue weighted by atomic mass is 10.2. The topological polar surface area (TPSA) is 24.7 Å². The normalized spacial score (nSPS) is 21.3. The van der Waals surface area contributed by atoms with Gasteiger partial charge in [-0.2, -0.15) is 0 Å². The van der Waals surface area contributed by atoms with Crippen molar-refractivity contribution in [1.29, 1.82) is 0 Å². The van der Waals surface area contributed by atoms with Crippen LogP contribution in [0.4, 0.5) is 0 Å². The molecular weight excluding hydrogens is 112 g/mol. The maximum atomic E-state index is 4.11. The first-order valence-corrected chi connectivity index (χ1v) is 2.90. The Labute approximate surface area is 53.3 Å². The molecule has 0 aromatic carbocycles. The van der Waals surface area contributed by atoms with Crippen LogP contribution in [0.5, 0.6) is 0 Å². The summed E-state index contributed by atoms with van der Waals surface area (Å²) in [6.07, 6.45) is 7.55. The summed E-state index contributed by atoms with van der Waals surface area (Å²) in [5, 5.41) is 0. The summed E-state index contributed by atoms with van der Waals surface area (Å²) in [6.45, 7) is 0.797. The molecule has 0 unspecified atom stereocenters. The van der Waals surface area contributed by atoms with Gasteiger partial charge in [-0.3, -0.25) is 9.98 Å². The zero-order valence-corrected chi connectivity index (χ0v) is 4.91. The molecule has 0 spiro atoms. The molecule has 0 fully saturated rings. The number of aliphatic imine (C=N–C) groups is 2. The van der Waals surface area contributed by atoms with E-state index in [1.165, 1.54) is 5.57 Å².